The van der Waals surface area contributed by atoms with Crippen LogP contribution in [0, 0.1) is 23.7 Å². The molecule has 4 unspecified atom stereocenters. The van der Waals surface area contributed by atoms with Crippen LogP contribution in [0.25, 0.3) is 0 Å². The minimum absolute atomic E-state index is 0.0152. The highest BCUT2D eigenvalue weighted by molar-refractivity contribution is 5.79. The van der Waals surface area contributed by atoms with Crippen molar-refractivity contribution in [3.05, 3.63) is 0 Å². The van der Waals surface area contributed by atoms with E-state index in [1.165, 1.54) is 12.8 Å². The molecular formula is C33H55N3O7. The number of fused-ring (bicyclic) bond motifs is 1. The predicted molar refractivity (Wildman–Crippen MR) is 161 cm³/mol. The fourth-order valence-corrected chi connectivity index (χ4v) is 8.07. The number of amides is 3. The van der Waals surface area contributed by atoms with Crippen LogP contribution in [0.15, 0.2) is 0 Å². The van der Waals surface area contributed by atoms with Crippen molar-refractivity contribution in [3.8, 4) is 0 Å². The van der Waals surface area contributed by atoms with Crippen molar-refractivity contribution in [2.24, 2.45) is 23.7 Å². The van der Waals surface area contributed by atoms with E-state index in [1.54, 1.807) is 4.90 Å². The summed E-state index contributed by atoms with van der Waals surface area (Å²) >= 11 is 0. The molecule has 0 aromatic carbocycles. The van der Waals surface area contributed by atoms with Gasteiger partial charge in [-0.3, -0.25) is 9.59 Å². The number of carbonyl (C=O) groups is 3. The van der Waals surface area contributed by atoms with Gasteiger partial charge in [0.05, 0.1) is 6.10 Å². The van der Waals surface area contributed by atoms with Gasteiger partial charge in [0, 0.05) is 38.6 Å². The lowest BCUT2D eigenvalue weighted by molar-refractivity contribution is -0.162. The summed E-state index contributed by atoms with van der Waals surface area (Å²) in [6, 6.07) is 0. The molecule has 0 aromatic heterocycles. The molecule has 3 saturated heterocycles. The van der Waals surface area contributed by atoms with Crippen LogP contribution in [-0.4, -0.2) is 96.7 Å². The number of piperidine rings is 1. The molecule has 3 heterocycles. The van der Waals surface area contributed by atoms with E-state index >= 15 is 0 Å². The number of rotatable bonds is 7. The highest BCUT2D eigenvalue weighted by Crippen LogP contribution is 2.39. The number of likely N-dealkylation sites (tertiary alicyclic amines) is 2. The van der Waals surface area contributed by atoms with Gasteiger partial charge in [0.2, 0.25) is 11.8 Å². The van der Waals surface area contributed by atoms with Gasteiger partial charge in [0.1, 0.15) is 24.4 Å². The summed E-state index contributed by atoms with van der Waals surface area (Å²) in [4.78, 5) is 42.3. The molecule has 10 nitrogen and oxygen atoms in total. The monoisotopic (exact) mass is 605 g/mol. The third-order valence-electron chi connectivity index (χ3n) is 10.1. The second kappa shape index (κ2) is 13.6. The van der Waals surface area contributed by atoms with Gasteiger partial charge in [0.25, 0.3) is 0 Å². The van der Waals surface area contributed by atoms with E-state index in [9.17, 15) is 14.4 Å². The third-order valence-corrected chi connectivity index (χ3v) is 10.1. The van der Waals surface area contributed by atoms with E-state index in [2.05, 4.69) is 10.2 Å². The van der Waals surface area contributed by atoms with Gasteiger partial charge in [-0.2, -0.15) is 0 Å². The molecule has 3 aliphatic heterocycles. The first-order chi connectivity index (χ1) is 20.3. The maximum absolute atomic E-state index is 13.5. The standard InChI is InChI=1S/C33H55N3O7/c1-32(2,3)43-31(39)34-18-22-8-6-9-24(16-22)23-12-14-35(15-13-23)30(38)25-10-7-11-26(17-25)40-21-29(37)36-19-27-28(20-36)42-33(4,5)41-27/h22-28H,6-21H2,1-5H3,(H,34,39)/t22?,24?,25?,26?,27-,28-/m1/s1. The lowest BCUT2D eigenvalue weighted by Crippen LogP contribution is -2.45. The Balaban J connectivity index is 1.00. The maximum atomic E-state index is 13.5. The fraction of sp³-hybridized carbons (Fsp3) is 0.909. The van der Waals surface area contributed by atoms with Crippen molar-refractivity contribution < 1.29 is 33.3 Å². The summed E-state index contributed by atoms with van der Waals surface area (Å²) in [6.07, 6.45) is 9.82. The minimum atomic E-state index is -0.582. The van der Waals surface area contributed by atoms with Gasteiger partial charge >= 0.3 is 6.09 Å². The second-order valence-electron chi connectivity index (χ2n) is 15.1. The average molecular weight is 606 g/mol. The number of hydrogen-bond acceptors (Lipinski definition) is 7. The van der Waals surface area contributed by atoms with E-state index in [4.69, 9.17) is 18.9 Å². The SMILES string of the molecule is CC(C)(C)OC(=O)NCC1CCCC(C2CCN(C(=O)C3CCCC(OCC(=O)N4C[C@H]5OC(C)(C)O[C@@H]5C4)C3)CC2)C1. The summed E-state index contributed by atoms with van der Waals surface area (Å²) in [6.45, 7) is 13.0. The lowest BCUT2D eigenvalue weighted by Gasteiger charge is -2.41. The molecule has 5 fully saturated rings. The average Bonchev–Trinajstić information content (AvgIpc) is 3.48. The Labute approximate surface area is 257 Å². The van der Waals surface area contributed by atoms with Crippen LogP contribution in [-0.2, 0) is 28.5 Å². The third kappa shape index (κ3) is 8.85. The summed E-state index contributed by atoms with van der Waals surface area (Å²) < 4.78 is 23.3. The molecule has 0 aromatic rings. The number of alkyl carbamates (subject to hydrolysis) is 1. The van der Waals surface area contributed by atoms with Crippen LogP contribution in [0.1, 0.15) is 98.8 Å². The Morgan fingerprint density at radius 1 is 0.860 bits per heavy atom. The van der Waals surface area contributed by atoms with Crippen LogP contribution < -0.4 is 5.32 Å². The van der Waals surface area contributed by atoms with E-state index in [0.29, 0.717) is 43.8 Å². The van der Waals surface area contributed by atoms with Crippen LogP contribution in [0.2, 0.25) is 0 Å². The summed E-state index contributed by atoms with van der Waals surface area (Å²) in [5.74, 6) is 1.46. The van der Waals surface area contributed by atoms with Crippen molar-refractivity contribution in [2.45, 2.75) is 129 Å². The first-order valence-electron chi connectivity index (χ1n) is 16.9. The van der Waals surface area contributed by atoms with E-state index in [1.807, 2.05) is 34.6 Å². The van der Waals surface area contributed by atoms with Gasteiger partial charge in [-0.25, -0.2) is 4.79 Å². The molecule has 1 N–H and O–H groups in total. The number of ether oxygens (including phenoxy) is 4. The molecule has 0 spiro atoms. The smallest absolute Gasteiger partial charge is 0.407 e. The topological polar surface area (TPSA) is 107 Å². The van der Waals surface area contributed by atoms with Crippen molar-refractivity contribution in [3.63, 3.8) is 0 Å². The Morgan fingerprint density at radius 3 is 2.21 bits per heavy atom. The normalized spacial score (nSPS) is 33.2. The van der Waals surface area contributed by atoms with Crippen LogP contribution in [0.3, 0.4) is 0 Å². The highest BCUT2D eigenvalue weighted by atomic mass is 16.8. The molecule has 6 atom stereocenters. The molecule has 5 aliphatic rings. The van der Waals surface area contributed by atoms with Gasteiger partial charge in [-0.1, -0.05) is 19.3 Å². The molecule has 0 bridgehead atoms. The van der Waals surface area contributed by atoms with Crippen molar-refractivity contribution in [1.29, 1.82) is 0 Å². The van der Waals surface area contributed by atoms with Crippen LogP contribution in [0.5, 0.6) is 0 Å². The molecule has 43 heavy (non-hydrogen) atoms. The zero-order valence-corrected chi connectivity index (χ0v) is 27.1. The van der Waals surface area contributed by atoms with Crippen LogP contribution in [0.4, 0.5) is 4.79 Å². The van der Waals surface area contributed by atoms with Gasteiger partial charge in [-0.05, 0) is 97.3 Å². The van der Waals surface area contributed by atoms with Gasteiger partial charge in [0.15, 0.2) is 5.79 Å². The summed E-state index contributed by atoms with van der Waals surface area (Å²) in [5, 5.41) is 2.98. The number of nitrogens with zero attached hydrogens (tertiary/aromatic N) is 2. The van der Waals surface area contributed by atoms with E-state index in [0.717, 1.165) is 58.0 Å². The molecule has 244 valence electrons. The zero-order valence-electron chi connectivity index (χ0n) is 27.1. The molecule has 0 radical (unpaired) electrons. The summed E-state index contributed by atoms with van der Waals surface area (Å²) in [5.41, 5.74) is -0.480. The van der Waals surface area contributed by atoms with Crippen molar-refractivity contribution in [2.75, 3.05) is 39.3 Å². The molecule has 2 aliphatic carbocycles. The van der Waals surface area contributed by atoms with Gasteiger partial charge < -0.3 is 34.1 Å². The molecule has 2 saturated carbocycles. The first-order valence-corrected chi connectivity index (χ1v) is 16.9. The largest absolute Gasteiger partial charge is 0.444 e. The first kappa shape index (κ1) is 32.5. The Hall–Kier alpha value is -1.91. The van der Waals surface area contributed by atoms with Crippen LogP contribution >= 0.6 is 0 Å². The Kier molecular flexibility index (Phi) is 10.3. The lowest BCUT2D eigenvalue weighted by atomic mass is 9.72. The Bertz CT molecular complexity index is 973. The second-order valence-corrected chi connectivity index (χ2v) is 15.1. The maximum Gasteiger partial charge on any atom is 0.407 e. The molecule has 10 heteroatoms. The fourth-order valence-electron chi connectivity index (χ4n) is 8.07. The van der Waals surface area contributed by atoms with Crippen molar-refractivity contribution >= 4 is 17.9 Å². The van der Waals surface area contributed by atoms with Crippen molar-refractivity contribution in [1.82, 2.24) is 15.1 Å². The predicted octanol–water partition coefficient (Wildman–Crippen LogP) is 4.49. The van der Waals surface area contributed by atoms with Gasteiger partial charge in [-0.15, -0.1) is 0 Å². The van der Waals surface area contributed by atoms with E-state index in [-0.39, 0.29) is 48.7 Å². The molecular weight excluding hydrogens is 550 g/mol. The molecule has 5 rings (SSSR count). The highest BCUT2D eigenvalue weighted by Gasteiger charge is 2.48. The summed E-state index contributed by atoms with van der Waals surface area (Å²) in [7, 11) is 0. The number of nitrogens with one attached hydrogen (secondary N) is 1. The Morgan fingerprint density at radius 2 is 1.53 bits per heavy atom. The quantitative estimate of drug-likeness (QED) is 0.456. The number of hydrogen-bond donors (Lipinski definition) is 1. The number of carbonyl (C=O) groups excluding carboxylic acids is 3. The zero-order chi connectivity index (χ0) is 30.8. The van der Waals surface area contributed by atoms with E-state index < -0.39 is 11.4 Å². The minimum Gasteiger partial charge on any atom is -0.444 e. The molecule has 3 amide bonds.